The monoisotopic (exact) mass is 166 g/mol. The second kappa shape index (κ2) is 2.62. The summed E-state index contributed by atoms with van der Waals surface area (Å²) in [5, 5.41) is 12.6. The Morgan fingerprint density at radius 2 is 2.58 bits per heavy atom. The van der Waals surface area contributed by atoms with E-state index in [0.717, 1.165) is 13.0 Å². The average molecular weight is 166 g/mol. The average Bonchev–Trinajstić information content (AvgIpc) is 2.57. The number of carboxylic acids is 1. The lowest BCUT2D eigenvalue weighted by molar-refractivity contribution is -0.138. The van der Waals surface area contributed by atoms with Gasteiger partial charge in [-0.25, -0.2) is 0 Å². The Balaban J connectivity index is 1.88. The summed E-state index contributed by atoms with van der Waals surface area (Å²) in [5.41, 5.74) is 0. The summed E-state index contributed by atoms with van der Waals surface area (Å²) in [6.07, 6.45) is 4.37. The van der Waals surface area contributed by atoms with Crippen LogP contribution in [0.4, 0.5) is 0 Å². The van der Waals surface area contributed by atoms with Crippen molar-refractivity contribution in [1.29, 1.82) is 0 Å². The highest BCUT2D eigenvalue weighted by molar-refractivity contribution is 5.73. The SMILES string of the molecule is O=C(O)[C@@H]1C[C@H]1Cn1cccn1. The lowest BCUT2D eigenvalue weighted by Gasteiger charge is -1.97. The molecule has 1 aliphatic carbocycles. The first-order chi connectivity index (χ1) is 5.77. The van der Waals surface area contributed by atoms with Gasteiger partial charge >= 0.3 is 5.97 Å². The number of hydrogen-bond acceptors (Lipinski definition) is 2. The Morgan fingerprint density at radius 1 is 1.75 bits per heavy atom. The molecule has 12 heavy (non-hydrogen) atoms. The first-order valence-corrected chi connectivity index (χ1v) is 3.97. The predicted molar refractivity (Wildman–Crippen MR) is 41.5 cm³/mol. The molecule has 64 valence electrons. The van der Waals surface area contributed by atoms with Crippen LogP contribution in [-0.4, -0.2) is 20.9 Å². The van der Waals surface area contributed by atoms with Crippen LogP contribution in [0.3, 0.4) is 0 Å². The number of carbonyl (C=O) groups is 1. The zero-order valence-corrected chi connectivity index (χ0v) is 6.55. The van der Waals surface area contributed by atoms with E-state index in [2.05, 4.69) is 5.10 Å². The minimum Gasteiger partial charge on any atom is -0.481 e. The van der Waals surface area contributed by atoms with Gasteiger partial charge in [-0.3, -0.25) is 9.48 Å². The topological polar surface area (TPSA) is 55.1 Å². The highest BCUT2D eigenvalue weighted by Gasteiger charge is 2.43. The van der Waals surface area contributed by atoms with E-state index in [1.165, 1.54) is 0 Å². The van der Waals surface area contributed by atoms with Crippen molar-refractivity contribution in [2.75, 3.05) is 0 Å². The van der Waals surface area contributed by atoms with Crippen LogP contribution in [0.25, 0.3) is 0 Å². The van der Waals surface area contributed by atoms with Crippen molar-refractivity contribution in [3.8, 4) is 0 Å². The Kier molecular flexibility index (Phi) is 1.60. The Hall–Kier alpha value is -1.32. The van der Waals surface area contributed by atoms with E-state index in [-0.39, 0.29) is 5.92 Å². The molecule has 1 saturated carbocycles. The molecule has 1 aromatic rings. The molecule has 1 heterocycles. The van der Waals surface area contributed by atoms with Gasteiger partial charge in [-0.05, 0) is 18.4 Å². The molecule has 0 radical (unpaired) electrons. The van der Waals surface area contributed by atoms with Crippen molar-refractivity contribution >= 4 is 5.97 Å². The van der Waals surface area contributed by atoms with Crippen LogP contribution in [0.5, 0.6) is 0 Å². The van der Waals surface area contributed by atoms with Gasteiger partial charge in [0.15, 0.2) is 0 Å². The van der Waals surface area contributed by atoms with E-state index < -0.39 is 5.97 Å². The molecule has 4 nitrogen and oxygen atoms in total. The largest absolute Gasteiger partial charge is 0.481 e. The standard InChI is InChI=1S/C8H10N2O2/c11-8(12)7-4-6(7)5-10-3-1-2-9-10/h1-3,6-7H,4-5H2,(H,11,12)/t6-,7+/m0/s1. The molecular formula is C8H10N2O2. The summed E-state index contributed by atoms with van der Waals surface area (Å²) in [6.45, 7) is 0.740. The molecule has 1 fully saturated rings. The normalized spacial score (nSPS) is 27.0. The second-order valence-corrected chi connectivity index (χ2v) is 3.17. The summed E-state index contributed by atoms with van der Waals surface area (Å²) >= 11 is 0. The van der Waals surface area contributed by atoms with Crippen molar-refractivity contribution in [2.45, 2.75) is 13.0 Å². The van der Waals surface area contributed by atoms with Gasteiger partial charge in [0, 0.05) is 18.9 Å². The molecule has 2 atom stereocenters. The van der Waals surface area contributed by atoms with Crippen LogP contribution in [0.15, 0.2) is 18.5 Å². The number of aliphatic carboxylic acids is 1. The molecular weight excluding hydrogens is 156 g/mol. The molecule has 0 bridgehead atoms. The highest BCUT2D eigenvalue weighted by atomic mass is 16.4. The summed E-state index contributed by atoms with van der Waals surface area (Å²) in [7, 11) is 0. The molecule has 0 spiro atoms. The second-order valence-electron chi connectivity index (χ2n) is 3.17. The molecule has 1 aliphatic rings. The van der Waals surface area contributed by atoms with Gasteiger partial charge in [-0.1, -0.05) is 0 Å². The van der Waals surface area contributed by atoms with Crippen LogP contribution in [0, 0.1) is 11.8 Å². The van der Waals surface area contributed by atoms with Crippen molar-refractivity contribution in [3.63, 3.8) is 0 Å². The predicted octanol–water partition coefficient (Wildman–Crippen LogP) is 0.604. The third-order valence-corrected chi connectivity index (χ3v) is 2.22. The van der Waals surface area contributed by atoms with Crippen LogP contribution in [0.1, 0.15) is 6.42 Å². The number of carboxylic acid groups (broad SMARTS) is 1. The third kappa shape index (κ3) is 1.32. The first kappa shape index (κ1) is 7.34. The van der Waals surface area contributed by atoms with Crippen LogP contribution in [0.2, 0.25) is 0 Å². The summed E-state index contributed by atoms with van der Waals surface area (Å²) in [6, 6.07) is 1.85. The van der Waals surface area contributed by atoms with Crippen molar-refractivity contribution in [1.82, 2.24) is 9.78 Å². The van der Waals surface area contributed by atoms with Gasteiger partial charge in [0.25, 0.3) is 0 Å². The van der Waals surface area contributed by atoms with Gasteiger partial charge < -0.3 is 5.11 Å². The van der Waals surface area contributed by atoms with Crippen molar-refractivity contribution in [2.24, 2.45) is 11.8 Å². The zero-order chi connectivity index (χ0) is 8.55. The zero-order valence-electron chi connectivity index (χ0n) is 6.55. The fraction of sp³-hybridized carbons (Fsp3) is 0.500. The number of hydrogen-bond donors (Lipinski definition) is 1. The first-order valence-electron chi connectivity index (χ1n) is 3.97. The van der Waals surface area contributed by atoms with E-state index in [1.807, 2.05) is 12.3 Å². The maximum Gasteiger partial charge on any atom is 0.306 e. The quantitative estimate of drug-likeness (QED) is 0.715. The Labute approximate surface area is 69.8 Å². The molecule has 0 aliphatic heterocycles. The van der Waals surface area contributed by atoms with Gasteiger partial charge in [0.2, 0.25) is 0 Å². The Bertz CT molecular complexity index is 281. The highest BCUT2D eigenvalue weighted by Crippen LogP contribution is 2.39. The molecule has 4 heteroatoms. The fourth-order valence-electron chi connectivity index (χ4n) is 1.40. The van der Waals surface area contributed by atoms with E-state index in [9.17, 15) is 4.79 Å². The summed E-state index contributed by atoms with van der Waals surface area (Å²) < 4.78 is 1.79. The van der Waals surface area contributed by atoms with Crippen LogP contribution < -0.4 is 0 Å². The smallest absolute Gasteiger partial charge is 0.306 e. The fourth-order valence-corrected chi connectivity index (χ4v) is 1.40. The number of rotatable bonds is 3. The lowest BCUT2D eigenvalue weighted by Crippen LogP contribution is -2.05. The van der Waals surface area contributed by atoms with Gasteiger partial charge in [0.1, 0.15) is 0 Å². The van der Waals surface area contributed by atoms with E-state index >= 15 is 0 Å². The molecule has 0 amide bonds. The molecule has 0 saturated heterocycles. The van der Waals surface area contributed by atoms with E-state index in [1.54, 1.807) is 10.9 Å². The third-order valence-electron chi connectivity index (χ3n) is 2.22. The van der Waals surface area contributed by atoms with Crippen LogP contribution in [-0.2, 0) is 11.3 Å². The number of nitrogens with zero attached hydrogens (tertiary/aromatic N) is 2. The number of aromatic nitrogens is 2. The lowest BCUT2D eigenvalue weighted by atomic mass is 10.3. The molecule has 0 aromatic carbocycles. The minimum absolute atomic E-state index is 0.130. The van der Waals surface area contributed by atoms with E-state index in [4.69, 9.17) is 5.11 Å². The van der Waals surface area contributed by atoms with Crippen molar-refractivity contribution in [3.05, 3.63) is 18.5 Å². The molecule has 1 aromatic heterocycles. The Morgan fingerprint density at radius 3 is 3.08 bits per heavy atom. The maximum absolute atomic E-state index is 10.5. The summed E-state index contributed by atoms with van der Waals surface area (Å²) in [5.74, 6) is -0.510. The minimum atomic E-state index is -0.674. The van der Waals surface area contributed by atoms with E-state index in [0.29, 0.717) is 5.92 Å². The maximum atomic E-state index is 10.5. The van der Waals surface area contributed by atoms with Gasteiger partial charge in [-0.15, -0.1) is 0 Å². The van der Waals surface area contributed by atoms with Gasteiger partial charge in [-0.2, -0.15) is 5.10 Å². The van der Waals surface area contributed by atoms with Gasteiger partial charge in [0.05, 0.1) is 5.92 Å². The summed E-state index contributed by atoms with van der Waals surface area (Å²) in [4.78, 5) is 10.5. The molecule has 0 unspecified atom stereocenters. The van der Waals surface area contributed by atoms with Crippen molar-refractivity contribution < 1.29 is 9.90 Å². The molecule has 1 N–H and O–H groups in total. The van der Waals surface area contributed by atoms with Crippen LogP contribution >= 0.6 is 0 Å². The molecule has 2 rings (SSSR count).